The molecule has 0 atom stereocenters. The third-order valence-electron chi connectivity index (χ3n) is 3.97. The van der Waals surface area contributed by atoms with Crippen LogP contribution in [0.4, 0.5) is 0 Å². The second kappa shape index (κ2) is 10.2. The van der Waals surface area contributed by atoms with Gasteiger partial charge in [0.15, 0.2) is 6.61 Å². The van der Waals surface area contributed by atoms with Gasteiger partial charge in [0.05, 0.1) is 17.8 Å². The number of nitrogens with one attached hydrogen (secondary N) is 1. The number of carbonyl (C=O) groups is 1. The third-order valence-corrected chi connectivity index (χ3v) is 5.01. The Morgan fingerprint density at radius 2 is 1.72 bits per heavy atom. The molecule has 0 saturated heterocycles. The molecule has 0 aliphatic heterocycles. The van der Waals surface area contributed by atoms with E-state index < -0.39 is 0 Å². The zero-order valence-corrected chi connectivity index (χ0v) is 18.7. The lowest BCUT2D eigenvalue weighted by Crippen LogP contribution is -2.24. The topological polar surface area (TPSA) is 59.9 Å². The summed E-state index contributed by atoms with van der Waals surface area (Å²) in [5.41, 5.74) is 5.37. The maximum absolute atomic E-state index is 12.0. The van der Waals surface area contributed by atoms with E-state index >= 15 is 0 Å². The summed E-state index contributed by atoms with van der Waals surface area (Å²) in [6.07, 6.45) is 1.51. The van der Waals surface area contributed by atoms with Crippen molar-refractivity contribution in [1.29, 1.82) is 0 Å². The summed E-state index contributed by atoms with van der Waals surface area (Å²) in [5.74, 6) is 0.878. The molecule has 0 saturated carbocycles. The van der Waals surface area contributed by atoms with E-state index in [-0.39, 0.29) is 12.5 Å². The largest absolute Gasteiger partial charge is 0.495 e. The zero-order valence-electron chi connectivity index (χ0n) is 15.6. The van der Waals surface area contributed by atoms with Crippen LogP contribution in [0.3, 0.4) is 0 Å². The Labute approximate surface area is 186 Å². The summed E-state index contributed by atoms with van der Waals surface area (Å²) < 4.78 is 12.5. The van der Waals surface area contributed by atoms with Gasteiger partial charge in [0.1, 0.15) is 11.5 Å². The number of amides is 1. The number of benzene rings is 3. The smallest absolute Gasteiger partial charge is 0.277 e. The molecule has 5 nitrogen and oxygen atoms in total. The van der Waals surface area contributed by atoms with Crippen molar-refractivity contribution in [3.63, 3.8) is 0 Å². The summed E-state index contributed by atoms with van der Waals surface area (Å²) in [4.78, 5) is 12.0. The number of ether oxygens (including phenoxy) is 2. The molecule has 0 spiro atoms. The van der Waals surface area contributed by atoms with E-state index in [1.54, 1.807) is 7.11 Å². The predicted octanol–water partition coefficient (Wildman–Crippen LogP) is 5.42. The maximum atomic E-state index is 12.0. The molecule has 148 valence electrons. The Bertz CT molecular complexity index is 1010. The molecule has 29 heavy (non-hydrogen) atoms. The van der Waals surface area contributed by atoms with Crippen LogP contribution in [0.25, 0.3) is 11.1 Å². The first-order chi connectivity index (χ1) is 14.1. The molecule has 7 heteroatoms. The average molecular weight is 518 g/mol. The first kappa shape index (κ1) is 21.1. The highest BCUT2D eigenvalue weighted by Crippen LogP contribution is 2.31. The minimum absolute atomic E-state index is 0.138. The van der Waals surface area contributed by atoms with Crippen LogP contribution in [-0.4, -0.2) is 25.8 Å². The molecule has 0 aliphatic rings. The standard InChI is InChI=1S/C22H18Br2N2O3/c1-28-22-17(11-18(23)12-20(22)24)13-25-26-21(27)14-29-19-9-7-16(8-10-19)15-5-3-2-4-6-15/h2-13H,14H2,1H3,(H,26,27). The fourth-order valence-electron chi connectivity index (χ4n) is 2.62. The van der Waals surface area contributed by atoms with E-state index in [9.17, 15) is 4.79 Å². The summed E-state index contributed by atoms with van der Waals surface area (Å²) in [7, 11) is 1.57. The van der Waals surface area contributed by atoms with Gasteiger partial charge in [-0.15, -0.1) is 0 Å². The lowest BCUT2D eigenvalue weighted by molar-refractivity contribution is -0.123. The number of methoxy groups -OCH3 is 1. The molecule has 0 aromatic heterocycles. The molecule has 1 N–H and O–H groups in total. The van der Waals surface area contributed by atoms with Gasteiger partial charge in [0, 0.05) is 10.0 Å². The van der Waals surface area contributed by atoms with Gasteiger partial charge in [-0.25, -0.2) is 5.43 Å². The van der Waals surface area contributed by atoms with E-state index in [4.69, 9.17) is 9.47 Å². The van der Waals surface area contributed by atoms with Crippen LogP contribution in [0.5, 0.6) is 11.5 Å². The van der Waals surface area contributed by atoms with Gasteiger partial charge in [-0.3, -0.25) is 4.79 Å². The van der Waals surface area contributed by atoms with Gasteiger partial charge >= 0.3 is 0 Å². The van der Waals surface area contributed by atoms with E-state index in [1.807, 2.05) is 66.7 Å². The first-order valence-corrected chi connectivity index (χ1v) is 10.3. The van der Waals surface area contributed by atoms with Gasteiger partial charge in [-0.1, -0.05) is 58.4 Å². The second-order valence-corrected chi connectivity index (χ2v) is 7.75. The molecule has 3 aromatic carbocycles. The first-order valence-electron chi connectivity index (χ1n) is 8.70. The summed E-state index contributed by atoms with van der Waals surface area (Å²) >= 11 is 6.84. The molecule has 0 bridgehead atoms. The van der Waals surface area contributed by atoms with Gasteiger partial charge < -0.3 is 9.47 Å². The molecule has 3 rings (SSSR count). The van der Waals surface area contributed by atoms with Crippen molar-refractivity contribution >= 4 is 44.0 Å². The second-order valence-electron chi connectivity index (χ2n) is 5.98. The molecule has 0 unspecified atom stereocenters. The molecular formula is C22H18Br2N2O3. The van der Waals surface area contributed by atoms with Gasteiger partial charge in [-0.2, -0.15) is 5.10 Å². The average Bonchev–Trinajstić information content (AvgIpc) is 2.73. The number of hydrogen-bond acceptors (Lipinski definition) is 4. The van der Waals surface area contributed by atoms with Crippen molar-refractivity contribution in [2.24, 2.45) is 5.10 Å². The zero-order chi connectivity index (χ0) is 20.6. The predicted molar refractivity (Wildman–Crippen MR) is 122 cm³/mol. The van der Waals surface area contributed by atoms with Crippen molar-refractivity contribution < 1.29 is 14.3 Å². The summed E-state index contributed by atoms with van der Waals surface area (Å²) in [6, 6.07) is 21.3. The fourth-order valence-corrected chi connectivity index (χ4v) is 4.04. The van der Waals surface area contributed by atoms with Crippen molar-refractivity contribution in [1.82, 2.24) is 5.43 Å². The monoisotopic (exact) mass is 516 g/mol. The highest BCUT2D eigenvalue weighted by atomic mass is 79.9. The molecule has 0 heterocycles. The summed E-state index contributed by atoms with van der Waals surface area (Å²) in [5, 5.41) is 3.97. The van der Waals surface area contributed by atoms with Crippen LogP contribution in [0.15, 0.2) is 80.8 Å². The Morgan fingerprint density at radius 3 is 2.41 bits per heavy atom. The molecular weight excluding hydrogens is 500 g/mol. The molecule has 0 fully saturated rings. The van der Waals surface area contributed by atoms with Gasteiger partial charge in [0.25, 0.3) is 5.91 Å². The molecule has 3 aromatic rings. The van der Waals surface area contributed by atoms with Crippen molar-refractivity contribution in [3.05, 3.63) is 81.2 Å². The normalized spacial score (nSPS) is 10.7. The van der Waals surface area contributed by atoms with Gasteiger partial charge in [0.2, 0.25) is 0 Å². The van der Waals surface area contributed by atoms with Crippen LogP contribution < -0.4 is 14.9 Å². The highest BCUT2D eigenvalue weighted by Gasteiger charge is 2.08. The quantitative estimate of drug-likeness (QED) is 0.336. The van der Waals surface area contributed by atoms with E-state index in [0.29, 0.717) is 17.1 Å². The summed E-state index contributed by atoms with van der Waals surface area (Å²) in [6.45, 7) is -0.138. The molecule has 0 aliphatic carbocycles. The van der Waals surface area contributed by atoms with Crippen LogP contribution in [0.2, 0.25) is 0 Å². The van der Waals surface area contributed by atoms with E-state index in [2.05, 4.69) is 42.4 Å². The number of carbonyl (C=O) groups excluding carboxylic acids is 1. The van der Waals surface area contributed by atoms with Crippen molar-refractivity contribution in [2.45, 2.75) is 0 Å². The lowest BCUT2D eigenvalue weighted by Gasteiger charge is -2.08. The van der Waals surface area contributed by atoms with E-state index in [0.717, 1.165) is 20.1 Å². The van der Waals surface area contributed by atoms with Crippen molar-refractivity contribution in [3.8, 4) is 22.6 Å². The van der Waals surface area contributed by atoms with Crippen LogP contribution in [0, 0.1) is 0 Å². The number of nitrogens with zero attached hydrogens (tertiary/aromatic N) is 1. The fraction of sp³-hybridized carbons (Fsp3) is 0.0909. The molecule has 0 radical (unpaired) electrons. The number of halogens is 2. The van der Waals surface area contributed by atoms with Crippen molar-refractivity contribution in [2.75, 3.05) is 13.7 Å². The van der Waals surface area contributed by atoms with Crippen LogP contribution in [-0.2, 0) is 4.79 Å². The highest BCUT2D eigenvalue weighted by molar-refractivity contribution is 9.11. The third kappa shape index (κ3) is 5.92. The Hall–Kier alpha value is -2.64. The number of rotatable bonds is 7. The van der Waals surface area contributed by atoms with E-state index in [1.165, 1.54) is 6.21 Å². The minimum Gasteiger partial charge on any atom is -0.495 e. The SMILES string of the molecule is COc1c(Br)cc(Br)cc1C=NNC(=O)COc1ccc(-c2ccccc2)cc1. The van der Waals surface area contributed by atoms with Gasteiger partial charge in [-0.05, 0) is 51.3 Å². The van der Waals surface area contributed by atoms with Crippen LogP contribution >= 0.6 is 31.9 Å². The minimum atomic E-state index is -0.360. The number of hydrazone groups is 1. The lowest BCUT2D eigenvalue weighted by atomic mass is 10.1. The number of hydrogen-bond donors (Lipinski definition) is 1. The maximum Gasteiger partial charge on any atom is 0.277 e. The Kier molecular flexibility index (Phi) is 7.43. The molecule has 1 amide bonds. The Balaban J connectivity index is 1.53. The van der Waals surface area contributed by atoms with Crippen LogP contribution in [0.1, 0.15) is 5.56 Å². The Morgan fingerprint density at radius 1 is 1.03 bits per heavy atom.